The van der Waals surface area contributed by atoms with Crippen molar-refractivity contribution in [3.8, 4) is 0 Å². The van der Waals surface area contributed by atoms with Gasteiger partial charge in [0.05, 0.1) is 0 Å². The number of carbonyl (C=O) groups excluding carboxylic acids is 1. The Morgan fingerprint density at radius 1 is 1.31 bits per heavy atom. The standard InChI is InChI=1S/C13H24N2O/c1-3-13(16)15(12-4-5-12)10(2)11-6-8-14-9-7-11/h10-12,14H,3-9H2,1-2H3. The highest BCUT2D eigenvalue weighted by atomic mass is 16.2. The molecular weight excluding hydrogens is 200 g/mol. The van der Waals surface area contributed by atoms with Gasteiger partial charge in [0.1, 0.15) is 0 Å². The summed E-state index contributed by atoms with van der Waals surface area (Å²) in [5.74, 6) is 1.06. The molecule has 1 atom stereocenters. The van der Waals surface area contributed by atoms with Gasteiger partial charge in [-0.1, -0.05) is 6.92 Å². The van der Waals surface area contributed by atoms with Crippen LogP contribution in [0.1, 0.15) is 46.0 Å². The second-order valence-electron chi connectivity index (χ2n) is 5.21. The molecule has 0 aromatic carbocycles. The molecule has 3 heteroatoms. The first kappa shape index (κ1) is 11.9. The molecule has 0 spiro atoms. The van der Waals surface area contributed by atoms with Crippen molar-refractivity contribution >= 4 is 5.91 Å². The molecule has 1 saturated heterocycles. The summed E-state index contributed by atoms with van der Waals surface area (Å²) in [5.41, 5.74) is 0. The highest BCUT2D eigenvalue weighted by Crippen LogP contribution is 2.33. The lowest BCUT2D eigenvalue weighted by atomic mass is 9.90. The molecule has 0 aromatic heterocycles. The minimum absolute atomic E-state index is 0.355. The minimum Gasteiger partial charge on any atom is -0.337 e. The van der Waals surface area contributed by atoms with Gasteiger partial charge in [-0.05, 0) is 51.6 Å². The third kappa shape index (κ3) is 2.57. The Hall–Kier alpha value is -0.570. The van der Waals surface area contributed by atoms with Gasteiger partial charge in [0, 0.05) is 18.5 Å². The maximum absolute atomic E-state index is 12.0. The van der Waals surface area contributed by atoms with E-state index in [1.807, 2.05) is 6.92 Å². The third-order valence-corrected chi connectivity index (χ3v) is 4.04. The van der Waals surface area contributed by atoms with Crippen LogP contribution in [0.2, 0.25) is 0 Å². The summed E-state index contributed by atoms with van der Waals surface area (Å²) < 4.78 is 0. The molecule has 1 amide bonds. The van der Waals surface area contributed by atoms with Gasteiger partial charge in [0.15, 0.2) is 0 Å². The highest BCUT2D eigenvalue weighted by molar-refractivity contribution is 5.76. The van der Waals surface area contributed by atoms with Gasteiger partial charge in [-0.25, -0.2) is 0 Å². The van der Waals surface area contributed by atoms with Crippen molar-refractivity contribution in [2.75, 3.05) is 13.1 Å². The lowest BCUT2D eigenvalue weighted by Gasteiger charge is -2.37. The van der Waals surface area contributed by atoms with E-state index in [9.17, 15) is 4.79 Å². The number of nitrogens with zero attached hydrogens (tertiary/aromatic N) is 1. The molecule has 1 aliphatic carbocycles. The molecule has 2 rings (SSSR count). The van der Waals surface area contributed by atoms with E-state index < -0.39 is 0 Å². The van der Waals surface area contributed by atoms with Crippen molar-refractivity contribution in [1.29, 1.82) is 0 Å². The van der Waals surface area contributed by atoms with Crippen molar-refractivity contribution in [3.05, 3.63) is 0 Å². The Morgan fingerprint density at radius 3 is 2.44 bits per heavy atom. The quantitative estimate of drug-likeness (QED) is 0.789. The smallest absolute Gasteiger partial charge is 0.222 e. The van der Waals surface area contributed by atoms with Gasteiger partial charge >= 0.3 is 0 Å². The fourth-order valence-corrected chi connectivity index (χ4v) is 2.85. The monoisotopic (exact) mass is 224 g/mol. The van der Waals surface area contributed by atoms with Crippen LogP contribution in [0.15, 0.2) is 0 Å². The van der Waals surface area contributed by atoms with E-state index in [1.165, 1.54) is 25.7 Å². The summed E-state index contributed by atoms with van der Waals surface area (Å²) >= 11 is 0. The largest absolute Gasteiger partial charge is 0.337 e. The molecule has 1 saturated carbocycles. The molecule has 1 N–H and O–H groups in total. The average molecular weight is 224 g/mol. The number of piperidine rings is 1. The van der Waals surface area contributed by atoms with Crippen molar-refractivity contribution in [3.63, 3.8) is 0 Å². The van der Waals surface area contributed by atoms with Crippen LogP contribution in [0, 0.1) is 5.92 Å². The number of hydrogen-bond acceptors (Lipinski definition) is 2. The number of nitrogens with one attached hydrogen (secondary N) is 1. The SMILES string of the molecule is CCC(=O)N(C1CC1)C(C)C1CCNCC1. The lowest BCUT2D eigenvalue weighted by Crippen LogP contribution is -2.46. The third-order valence-electron chi connectivity index (χ3n) is 4.04. The first-order chi connectivity index (χ1) is 7.74. The van der Waals surface area contributed by atoms with Crippen LogP contribution >= 0.6 is 0 Å². The van der Waals surface area contributed by atoms with Crippen molar-refractivity contribution in [2.24, 2.45) is 5.92 Å². The first-order valence-corrected chi connectivity index (χ1v) is 6.76. The number of rotatable bonds is 4. The molecule has 92 valence electrons. The van der Waals surface area contributed by atoms with E-state index in [2.05, 4.69) is 17.1 Å². The van der Waals surface area contributed by atoms with Gasteiger partial charge in [-0.2, -0.15) is 0 Å². The van der Waals surface area contributed by atoms with Crippen LogP contribution in [0.5, 0.6) is 0 Å². The van der Waals surface area contributed by atoms with E-state index in [-0.39, 0.29) is 0 Å². The Labute approximate surface area is 98.6 Å². The fraction of sp³-hybridized carbons (Fsp3) is 0.923. The molecule has 16 heavy (non-hydrogen) atoms. The first-order valence-electron chi connectivity index (χ1n) is 6.76. The predicted octanol–water partition coefficient (Wildman–Crippen LogP) is 1.78. The van der Waals surface area contributed by atoms with Crippen molar-refractivity contribution in [1.82, 2.24) is 10.2 Å². The van der Waals surface area contributed by atoms with Crippen molar-refractivity contribution < 1.29 is 4.79 Å². The van der Waals surface area contributed by atoms with Crippen LogP contribution in [0.3, 0.4) is 0 Å². The Balaban J connectivity index is 1.97. The minimum atomic E-state index is 0.355. The molecule has 3 nitrogen and oxygen atoms in total. The van der Waals surface area contributed by atoms with Gasteiger partial charge in [0.25, 0.3) is 0 Å². The van der Waals surface area contributed by atoms with Crippen LogP contribution in [-0.4, -0.2) is 36.0 Å². The van der Waals surface area contributed by atoms with Crippen LogP contribution < -0.4 is 5.32 Å². The van der Waals surface area contributed by atoms with E-state index >= 15 is 0 Å². The average Bonchev–Trinajstić information content (AvgIpc) is 3.14. The Morgan fingerprint density at radius 2 is 1.94 bits per heavy atom. The molecule has 1 aliphatic heterocycles. The Kier molecular flexibility index (Phi) is 3.85. The van der Waals surface area contributed by atoms with Gasteiger partial charge in [-0.15, -0.1) is 0 Å². The topological polar surface area (TPSA) is 32.3 Å². The maximum atomic E-state index is 12.0. The van der Waals surface area contributed by atoms with E-state index in [1.54, 1.807) is 0 Å². The van der Waals surface area contributed by atoms with E-state index in [4.69, 9.17) is 0 Å². The van der Waals surface area contributed by atoms with Gasteiger partial charge in [0.2, 0.25) is 5.91 Å². The zero-order valence-corrected chi connectivity index (χ0v) is 10.5. The molecule has 1 unspecified atom stereocenters. The van der Waals surface area contributed by atoms with E-state index in [0.717, 1.165) is 13.1 Å². The van der Waals surface area contributed by atoms with Gasteiger partial charge < -0.3 is 10.2 Å². The number of amides is 1. The van der Waals surface area contributed by atoms with E-state index in [0.29, 0.717) is 30.3 Å². The fourth-order valence-electron chi connectivity index (χ4n) is 2.85. The molecule has 2 fully saturated rings. The second kappa shape index (κ2) is 5.17. The summed E-state index contributed by atoms with van der Waals surface area (Å²) in [6.45, 7) is 6.47. The molecular formula is C13H24N2O. The molecule has 0 aromatic rings. The zero-order chi connectivity index (χ0) is 11.5. The lowest BCUT2D eigenvalue weighted by molar-refractivity contribution is -0.134. The van der Waals surface area contributed by atoms with Crippen LogP contribution in [0.25, 0.3) is 0 Å². The normalized spacial score (nSPS) is 24.1. The molecule has 1 heterocycles. The highest BCUT2D eigenvalue weighted by Gasteiger charge is 2.37. The van der Waals surface area contributed by atoms with Crippen molar-refractivity contribution in [2.45, 2.75) is 58.0 Å². The summed E-state index contributed by atoms with van der Waals surface area (Å²) in [4.78, 5) is 14.2. The summed E-state index contributed by atoms with van der Waals surface area (Å²) in [6, 6.07) is 1.01. The van der Waals surface area contributed by atoms with Crippen LogP contribution in [-0.2, 0) is 4.79 Å². The number of carbonyl (C=O) groups is 1. The van der Waals surface area contributed by atoms with Crippen LogP contribution in [0.4, 0.5) is 0 Å². The number of hydrogen-bond donors (Lipinski definition) is 1. The van der Waals surface area contributed by atoms with Gasteiger partial charge in [-0.3, -0.25) is 4.79 Å². The summed E-state index contributed by atoms with van der Waals surface area (Å²) in [5, 5.41) is 3.39. The maximum Gasteiger partial charge on any atom is 0.222 e. The summed E-state index contributed by atoms with van der Waals surface area (Å²) in [7, 11) is 0. The zero-order valence-electron chi connectivity index (χ0n) is 10.5. The Bertz CT molecular complexity index is 244. The second-order valence-corrected chi connectivity index (χ2v) is 5.21. The molecule has 0 bridgehead atoms. The molecule has 2 aliphatic rings. The molecule has 0 radical (unpaired) electrons. The predicted molar refractivity (Wildman–Crippen MR) is 65.2 cm³/mol. The summed E-state index contributed by atoms with van der Waals surface area (Å²) in [6.07, 6.45) is 5.55.